The average Bonchev–Trinajstić information content (AvgIpc) is 3.60. The lowest BCUT2D eigenvalue weighted by molar-refractivity contribution is -0.145. The normalized spacial score (nSPS) is 27.0. The Kier molecular flexibility index (Phi) is 10.7. The van der Waals surface area contributed by atoms with Crippen LogP contribution in [0.3, 0.4) is 0 Å². The van der Waals surface area contributed by atoms with Crippen molar-refractivity contribution in [2.24, 2.45) is 17.8 Å². The Morgan fingerprint density at radius 2 is 1.56 bits per heavy atom. The number of amides is 3. The fourth-order valence-electron chi connectivity index (χ4n) is 8.08. The molecule has 1 spiro atoms. The van der Waals surface area contributed by atoms with E-state index in [2.05, 4.69) is 13.2 Å². The van der Waals surface area contributed by atoms with Crippen LogP contribution < -0.4 is 19.3 Å². The molecule has 5 rings (SSSR count). The van der Waals surface area contributed by atoms with Gasteiger partial charge in [0.1, 0.15) is 23.1 Å². The quantitative estimate of drug-likeness (QED) is 0.200. The highest BCUT2D eigenvalue weighted by Crippen LogP contribution is 2.65. The van der Waals surface area contributed by atoms with Crippen LogP contribution in [0.1, 0.15) is 46.5 Å². The number of hydrogen-bond donors (Lipinski definition) is 1. The molecule has 2 aromatic carbocycles. The number of carbonyl (C=O) groups is 3. The Balaban J connectivity index is 1.57. The molecule has 3 heterocycles. The summed E-state index contributed by atoms with van der Waals surface area (Å²) in [6.45, 7) is 15.0. The highest BCUT2D eigenvalue weighted by molar-refractivity contribution is 6.07. The van der Waals surface area contributed by atoms with Crippen molar-refractivity contribution in [1.82, 2.24) is 4.90 Å². The van der Waals surface area contributed by atoms with Gasteiger partial charge in [-0.15, -0.1) is 13.2 Å². The van der Waals surface area contributed by atoms with Gasteiger partial charge >= 0.3 is 0 Å². The number of fused-ring (bicyclic) bond motifs is 1. The first kappa shape index (κ1) is 35.2. The predicted molar refractivity (Wildman–Crippen MR) is 185 cm³/mol. The molecule has 3 saturated heterocycles. The number of rotatable bonds is 16. The minimum absolute atomic E-state index is 0.0493. The maximum absolute atomic E-state index is 14.9. The number of carbonyl (C=O) groups excluding carboxylic acids is 3. The topological polar surface area (TPSA) is 109 Å². The monoisotopic (exact) mass is 659 g/mol. The number of benzene rings is 2. The highest BCUT2D eigenvalue weighted by atomic mass is 16.5. The fraction of sp³-hybridized carbons (Fsp3) is 0.500. The van der Waals surface area contributed by atoms with E-state index in [1.165, 1.54) is 0 Å². The Morgan fingerprint density at radius 3 is 2.10 bits per heavy atom. The molecule has 3 fully saturated rings. The molecule has 3 unspecified atom stereocenters. The van der Waals surface area contributed by atoms with E-state index in [0.717, 1.165) is 0 Å². The number of hydrogen-bond acceptors (Lipinski definition) is 7. The standard InChI is InChI=1S/C38H49N3O7/c1-7-21-39(27-15-19-30(20-16-27)47-9-3)34(43)31-32-35(44)41(23-11-10-12-24-42)33(38(32)25-26(4)37(31,5)48-38)36(45)40(22-8-2)28-13-17-29(46-6)18-14-28/h7-8,13-20,26,31-33,42H,1-2,9-12,21-25H2,3-6H3/t26?,31-,32+,33?,37+,38?/m1/s1. The number of aliphatic hydroxyl groups is 1. The molecule has 3 amide bonds. The van der Waals surface area contributed by atoms with E-state index in [9.17, 15) is 19.5 Å². The van der Waals surface area contributed by atoms with E-state index in [1.807, 2.05) is 57.2 Å². The van der Waals surface area contributed by atoms with Gasteiger partial charge < -0.3 is 34.0 Å². The zero-order valence-electron chi connectivity index (χ0n) is 28.6. The van der Waals surface area contributed by atoms with E-state index >= 15 is 0 Å². The maximum atomic E-state index is 14.9. The summed E-state index contributed by atoms with van der Waals surface area (Å²) in [5.41, 5.74) is -0.885. The molecular weight excluding hydrogens is 610 g/mol. The molecule has 10 nitrogen and oxygen atoms in total. The van der Waals surface area contributed by atoms with Gasteiger partial charge in [-0.3, -0.25) is 14.4 Å². The molecule has 2 aromatic rings. The van der Waals surface area contributed by atoms with Gasteiger partial charge in [-0.2, -0.15) is 0 Å². The van der Waals surface area contributed by atoms with Crippen LogP contribution >= 0.6 is 0 Å². The minimum Gasteiger partial charge on any atom is -0.497 e. The van der Waals surface area contributed by atoms with Gasteiger partial charge in [-0.05, 0) is 94.0 Å². The molecule has 6 atom stereocenters. The number of nitrogens with zero attached hydrogens (tertiary/aromatic N) is 3. The van der Waals surface area contributed by atoms with Crippen LogP contribution in [-0.2, 0) is 19.1 Å². The Labute approximate surface area is 283 Å². The Bertz CT molecular complexity index is 1490. The van der Waals surface area contributed by atoms with Gasteiger partial charge in [0.25, 0.3) is 5.91 Å². The number of unbranched alkanes of at least 4 members (excludes halogenated alkanes) is 2. The molecule has 0 radical (unpaired) electrons. The van der Waals surface area contributed by atoms with Crippen molar-refractivity contribution in [3.05, 3.63) is 73.8 Å². The smallest absolute Gasteiger partial charge is 0.253 e. The lowest BCUT2D eigenvalue weighted by atomic mass is 9.62. The van der Waals surface area contributed by atoms with Crippen LogP contribution in [0.5, 0.6) is 11.5 Å². The maximum Gasteiger partial charge on any atom is 0.253 e. The van der Waals surface area contributed by atoms with Gasteiger partial charge in [0.05, 0.1) is 31.2 Å². The van der Waals surface area contributed by atoms with Crippen LogP contribution in [0.25, 0.3) is 0 Å². The summed E-state index contributed by atoms with van der Waals surface area (Å²) in [5, 5.41) is 9.41. The van der Waals surface area contributed by atoms with Crippen molar-refractivity contribution < 1.29 is 33.7 Å². The van der Waals surface area contributed by atoms with E-state index in [1.54, 1.807) is 46.1 Å². The van der Waals surface area contributed by atoms with Crippen LogP contribution in [0.2, 0.25) is 0 Å². The molecule has 258 valence electrons. The molecule has 0 aromatic heterocycles. The number of aliphatic hydroxyl groups excluding tert-OH is 1. The summed E-state index contributed by atoms with van der Waals surface area (Å²) in [5.74, 6) is -1.20. The molecule has 1 N–H and O–H groups in total. The number of methoxy groups -OCH3 is 1. The molecule has 48 heavy (non-hydrogen) atoms. The van der Waals surface area contributed by atoms with E-state index in [0.29, 0.717) is 61.7 Å². The van der Waals surface area contributed by atoms with Gasteiger partial charge in [-0.1, -0.05) is 19.1 Å². The first-order valence-electron chi connectivity index (χ1n) is 16.9. The van der Waals surface area contributed by atoms with Crippen LogP contribution in [-0.4, -0.2) is 84.9 Å². The molecule has 3 aliphatic heterocycles. The lowest BCUT2D eigenvalue weighted by Gasteiger charge is -2.39. The lowest BCUT2D eigenvalue weighted by Crippen LogP contribution is -2.57. The van der Waals surface area contributed by atoms with Crippen LogP contribution in [0.4, 0.5) is 11.4 Å². The summed E-state index contributed by atoms with van der Waals surface area (Å²) in [6.07, 6.45) is 5.67. The van der Waals surface area contributed by atoms with E-state index in [4.69, 9.17) is 14.2 Å². The minimum atomic E-state index is -1.20. The van der Waals surface area contributed by atoms with Crippen molar-refractivity contribution in [3.63, 3.8) is 0 Å². The van der Waals surface area contributed by atoms with Gasteiger partial charge in [-0.25, -0.2) is 0 Å². The molecule has 3 aliphatic rings. The van der Waals surface area contributed by atoms with Crippen molar-refractivity contribution in [1.29, 1.82) is 0 Å². The second-order valence-electron chi connectivity index (χ2n) is 13.1. The summed E-state index contributed by atoms with van der Waals surface area (Å²) < 4.78 is 18.0. The molecule has 0 saturated carbocycles. The summed E-state index contributed by atoms with van der Waals surface area (Å²) in [7, 11) is 1.58. The van der Waals surface area contributed by atoms with Crippen LogP contribution in [0.15, 0.2) is 73.8 Å². The molecule has 0 aliphatic carbocycles. The third-order valence-corrected chi connectivity index (χ3v) is 10.4. The zero-order chi connectivity index (χ0) is 34.6. The van der Waals surface area contributed by atoms with Crippen molar-refractivity contribution in [2.45, 2.75) is 63.7 Å². The second kappa shape index (κ2) is 14.5. The Hall–Kier alpha value is -4.15. The number of anilines is 2. The number of likely N-dealkylation sites (tertiary alicyclic amines) is 1. The fourth-order valence-corrected chi connectivity index (χ4v) is 8.08. The summed E-state index contributed by atoms with van der Waals surface area (Å²) >= 11 is 0. The largest absolute Gasteiger partial charge is 0.497 e. The van der Waals surface area contributed by atoms with Crippen LogP contribution in [0, 0.1) is 17.8 Å². The average molecular weight is 660 g/mol. The van der Waals surface area contributed by atoms with Gasteiger partial charge in [0, 0.05) is 37.6 Å². The number of ether oxygens (including phenoxy) is 3. The van der Waals surface area contributed by atoms with Gasteiger partial charge in [0.15, 0.2) is 0 Å². The SMILES string of the molecule is C=CCN(C(=O)C1N(CCCCCO)C(=O)[C@@H]2[C@H](C(=O)N(CC=C)c3ccc(OCC)cc3)[C@@]3(C)OC12CC3C)c1ccc(OC)cc1. The first-order valence-corrected chi connectivity index (χ1v) is 16.9. The molecular formula is C38H49N3O7. The van der Waals surface area contributed by atoms with Crippen molar-refractivity contribution in [3.8, 4) is 11.5 Å². The highest BCUT2D eigenvalue weighted by Gasteiger charge is 2.80. The zero-order valence-corrected chi connectivity index (χ0v) is 28.6. The Morgan fingerprint density at radius 1 is 0.979 bits per heavy atom. The molecule has 2 bridgehead atoms. The predicted octanol–water partition coefficient (Wildman–Crippen LogP) is 5.01. The third-order valence-electron chi connectivity index (χ3n) is 10.4. The summed E-state index contributed by atoms with van der Waals surface area (Å²) in [4.78, 5) is 49.4. The van der Waals surface area contributed by atoms with E-state index < -0.39 is 29.1 Å². The van der Waals surface area contributed by atoms with Crippen molar-refractivity contribution >= 4 is 29.1 Å². The first-order chi connectivity index (χ1) is 23.1. The summed E-state index contributed by atoms with van der Waals surface area (Å²) in [6, 6.07) is 13.6. The van der Waals surface area contributed by atoms with Gasteiger partial charge in [0.2, 0.25) is 11.8 Å². The molecule has 10 heteroatoms. The third kappa shape index (κ3) is 6.00. The van der Waals surface area contributed by atoms with Crippen molar-refractivity contribution in [2.75, 3.05) is 49.8 Å². The van der Waals surface area contributed by atoms with E-state index in [-0.39, 0.29) is 43.3 Å². The second-order valence-corrected chi connectivity index (χ2v) is 13.1.